The second kappa shape index (κ2) is 9.37. The molecule has 0 fully saturated rings. The van der Waals surface area contributed by atoms with E-state index in [1.807, 2.05) is 13.0 Å². The van der Waals surface area contributed by atoms with Gasteiger partial charge in [0.15, 0.2) is 0 Å². The highest BCUT2D eigenvalue weighted by Crippen LogP contribution is 2.23. The molecule has 1 amide bonds. The van der Waals surface area contributed by atoms with E-state index in [0.717, 1.165) is 17.1 Å². The average molecular weight is 397 g/mol. The molecular weight excluding hydrogens is 372 g/mol. The van der Waals surface area contributed by atoms with Gasteiger partial charge in [-0.25, -0.2) is 4.98 Å². The van der Waals surface area contributed by atoms with Gasteiger partial charge in [0, 0.05) is 35.9 Å². The number of benzene rings is 2. The van der Waals surface area contributed by atoms with E-state index in [1.165, 1.54) is 10.4 Å². The molecule has 1 heterocycles. The highest BCUT2D eigenvalue weighted by molar-refractivity contribution is 7.11. The molecule has 2 aromatic carbocycles. The number of aromatic nitrogens is 1. The molecule has 0 saturated carbocycles. The van der Waals surface area contributed by atoms with E-state index in [0.29, 0.717) is 30.0 Å². The van der Waals surface area contributed by atoms with Crippen LogP contribution in [0, 0.1) is 6.92 Å². The van der Waals surface area contributed by atoms with Gasteiger partial charge < -0.3 is 14.8 Å². The number of methoxy groups -OCH3 is 2. The zero-order valence-electron chi connectivity index (χ0n) is 16.3. The standard InChI is InChI=1S/C22H24N2O3S/c1-15-20(11-16-7-5-4-6-8-16)28-21(24-15)9-10-23-22(25)17-12-18(26-2)14-19(13-17)27-3/h4-8,12-14H,9-11H2,1-3H3,(H,23,25). The number of hydrogen-bond acceptors (Lipinski definition) is 5. The van der Waals surface area contributed by atoms with Crippen molar-refractivity contribution in [1.29, 1.82) is 0 Å². The van der Waals surface area contributed by atoms with Crippen LogP contribution < -0.4 is 14.8 Å². The normalized spacial score (nSPS) is 10.5. The van der Waals surface area contributed by atoms with Crippen molar-refractivity contribution in [1.82, 2.24) is 10.3 Å². The first kappa shape index (κ1) is 19.9. The Bertz CT molecular complexity index is 916. The zero-order chi connectivity index (χ0) is 19.9. The maximum atomic E-state index is 12.4. The minimum atomic E-state index is -0.157. The van der Waals surface area contributed by atoms with E-state index in [2.05, 4.69) is 34.6 Å². The van der Waals surface area contributed by atoms with Crippen LogP contribution in [-0.2, 0) is 12.8 Å². The van der Waals surface area contributed by atoms with Crippen LogP contribution >= 0.6 is 11.3 Å². The number of hydrogen-bond donors (Lipinski definition) is 1. The Hall–Kier alpha value is -2.86. The Morgan fingerprint density at radius 3 is 2.39 bits per heavy atom. The van der Waals surface area contributed by atoms with Crippen molar-refractivity contribution in [2.45, 2.75) is 19.8 Å². The van der Waals surface area contributed by atoms with Gasteiger partial charge in [0.1, 0.15) is 11.5 Å². The summed E-state index contributed by atoms with van der Waals surface area (Å²) in [6.45, 7) is 2.56. The predicted molar refractivity (Wildman–Crippen MR) is 112 cm³/mol. The van der Waals surface area contributed by atoms with Crippen molar-refractivity contribution in [3.63, 3.8) is 0 Å². The largest absolute Gasteiger partial charge is 0.497 e. The number of amides is 1. The number of rotatable bonds is 8. The summed E-state index contributed by atoms with van der Waals surface area (Å²) >= 11 is 1.71. The fraction of sp³-hybridized carbons (Fsp3) is 0.273. The Morgan fingerprint density at radius 2 is 1.75 bits per heavy atom. The van der Waals surface area contributed by atoms with Gasteiger partial charge in [-0.05, 0) is 24.6 Å². The number of ether oxygens (including phenoxy) is 2. The predicted octanol–water partition coefficient (Wildman–Crippen LogP) is 4.03. The lowest BCUT2D eigenvalue weighted by Crippen LogP contribution is -2.25. The molecule has 3 aromatic rings. The third kappa shape index (κ3) is 5.10. The summed E-state index contributed by atoms with van der Waals surface area (Å²) in [5.41, 5.74) is 2.85. The first-order valence-electron chi connectivity index (χ1n) is 9.09. The van der Waals surface area contributed by atoms with Crippen LogP contribution in [0.25, 0.3) is 0 Å². The number of thiazole rings is 1. The number of aryl methyl sites for hydroxylation is 1. The SMILES string of the molecule is COc1cc(OC)cc(C(=O)NCCc2nc(C)c(Cc3ccccc3)s2)c1. The van der Waals surface area contributed by atoms with Crippen molar-refractivity contribution >= 4 is 17.2 Å². The van der Waals surface area contributed by atoms with Gasteiger partial charge in [-0.1, -0.05) is 30.3 Å². The van der Waals surface area contributed by atoms with Crippen LogP contribution in [-0.4, -0.2) is 31.7 Å². The first-order chi connectivity index (χ1) is 13.6. The average Bonchev–Trinajstić information content (AvgIpc) is 3.07. The first-order valence-corrected chi connectivity index (χ1v) is 9.91. The summed E-state index contributed by atoms with van der Waals surface area (Å²) < 4.78 is 10.4. The van der Waals surface area contributed by atoms with E-state index < -0.39 is 0 Å². The van der Waals surface area contributed by atoms with Crippen molar-refractivity contribution in [2.24, 2.45) is 0 Å². The molecule has 3 rings (SSSR count). The molecule has 0 aliphatic carbocycles. The number of carbonyl (C=O) groups is 1. The summed E-state index contributed by atoms with van der Waals surface area (Å²) in [5.74, 6) is 1.02. The summed E-state index contributed by atoms with van der Waals surface area (Å²) in [6.07, 6.45) is 1.59. The fourth-order valence-corrected chi connectivity index (χ4v) is 3.97. The number of carbonyl (C=O) groups excluding carboxylic acids is 1. The van der Waals surface area contributed by atoms with E-state index in [1.54, 1.807) is 43.8 Å². The van der Waals surface area contributed by atoms with Gasteiger partial charge in [-0.15, -0.1) is 11.3 Å². The van der Waals surface area contributed by atoms with Gasteiger partial charge >= 0.3 is 0 Å². The smallest absolute Gasteiger partial charge is 0.251 e. The maximum Gasteiger partial charge on any atom is 0.251 e. The van der Waals surface area contributed by atoms with Crippen LogP contribution in [0.5, 0.6) is 11.5 Å². The van der Waals surface area contributed by atoms with E-state index in [9.17, 15) is 4.79 Å². The van der Waals surface area contributed by atoms with Crippen LogP contribution in [0.1, 0.15) is 31.5 Å². The molecule has 146 valence electrons. The summed E-state index contributed by atoms with van der Waals surface area (Å²) in [5, 5.41) is 3.98. The van der Waals surface area contributed by atoms with E-state index in [4.69, 9.17) is 9.47 Å². The fourth-order valence-electron chi connectivity index (χ4n) is 2.86. The molecule has 1 aromatic heterocycles. The van der Waals surface area contributed by atoms with Crippen molar-refractivity contribution < 1.29 is 14.3 Å². The molecule has 28 heavy (non-hydrogen) atoms. The Morgan fingerprint density at radius 1 is 1.07 bits per heavy atom. The molecule has 0 atom stereocenters. The minimum absolute atomic E-state index is 0.157. The summed E-state index contributed by atoms with van der Waals surface area (Å²) in [4.78, 5) is 18.4. The Kier molecular flexibility index (Phi) is 6.66. The molecule has 0 radical (unpaired) electrons. The minimum Gasteiger partial charge on any atom is -0.497 e. The maximum absolute atomic E-state index is 12.4. The van der Waals surface area contributed by atoms with Crippen LogP contribution in [0.2, 0.25) is 0 Å². The second-order valence-corrected chi connectivity index (χ2v) is 7.55. The highest BCUT2D eigenvalue weighted by Gasteiger charge is 2.11. The molecule has 6 heteroatoms. The van der Waals surface area contributed by atoms with E-state index in [-0.39, 0.29) is 5.91 Å². The lowest BCUT2D eigenvalue weighted by molar-refractivity contribution is 0.0953. The summed E-state index contributed by atoms with van der Waals surface area (Å²) in [7, 11) is 3.13. The molecule has 0 aliphatic rings. The van der Waals surface area contributed by atoms with Gasteiger partial charge in [0.05, 0.1) is 24.9 Å². The lowest BCUT2D eigenvalue weighted by Gasteiger charge is -2.08. The molecule has 1 N–H and O–H groups in total. The Labute approximate surface area is 169 Å². The van der Waals surface area contributed by atoms with Crippen LogP contribution in [0.15, 0.2) is 48.5 Å². The van der Waals surface area contributed by atoms with Crippen LogP contribution in [0.4, 0.5) is 0 Å². The highest BCUT2D eigenvalue weighted by atomic mass is 32.1. The zero-order valence-corrected chi connectivity index (χ0v) is 17.1. The monoisotopic (exact) mass is 396 g/mol. The van der Waals surface area contributed by atoms with Crippen molar-refractivity contribution in [3.8, 4) is 11.5 Å². The molecular formula is C22H24N2O3S. The number of nitrogens with zero attached hydrogens (tertiary/aromatic N) is 1. The molecule has 0 bridgehead atoms. The van der Waals surface area contributed by atoms with Gasteiger partial charge in [0.25, 0.3) is 5.91 Å². The summed E-state index contributed by atoms with van der Waals surface area (Å²) in [6, 6.07) is 15.5. The quantitative estimate of drug-likeness (QED) is 0.624. The third-order valence-corrected chi connectivity index (χ3v) is 5.60. The lowest BCUT2D eigenvalue weighted by atomic mass is 10.1. The van der Waals surface area contributed by atoms with Gasteiger partial charge in [-0.3, -0.25) is 4.79 Å². The number of nitrogens with one attached hydrogen (secondary N) is 1. The molecule has 0 aliphatic heterocycles. The van der Waals surface area contributed by atoms with Gasteiger partial charge in [0.2, 0.25) is 0 Å². The molecule has 0 saturated heterocycles. The van der Waals surface area contributed by atoms with Crippen molar-refractivity contribution in [2.75, 3.05) is 20.8 Å². The van der Waals surface area contributed by atoms with Gasteiger partial charge in [-0.2, -0.15) is 0 Å². The molecule has 5 nitrogen and oxygen atoms in total. The van der Waals surface area contributed by atoms with E-state index >= 15 is 0 Å². The van der Waals surface area contributed by atoms with Crippen LogP contribution in [0.3, 0.4) is 0 Å². The topological polar surface area (TPSA) is 60.5 Å². The molecule has 0 unspecified atom stereocenters. The Balaban J connectivity index is 1.58. The van der Waals surface area contributed by atoms with Crippen molar-refractivity contribution in [3.05, 3.63) is 75.2 Å². The molecule has 0 spiro atoms. The third-order valence-electron chi connectivity index (χ3n) is 4.38. The second-order valence-electron chi connectivity index (χ2n) is 6.39.